The minimum absolute atomic E-state index is 0. The minimum Gasteiger partial charge on any atom is -1.00 e. The maximum absolute atomic E-state index is 8.99. The molecule has 0 aromatic rings. The van der Waals surface area contributed by atoms with E-state index in [1.807, 2.05) is 0 Å². The average Bonchev–Trinajstić information content (AvgIpc) is 1.37. The molecule has 0 radical (unpaired) electrons. The molecule has 4 heteroatoms. The van der Waals surface area contributed by atoms with E-state index in [1.165, 1.54) is 0 Å². The number of hydrogen-bond donors (Lipinski definition) is 0. The van der Waals surface area contributed by atoms with Gasteiger partial charge in [0.1, 0.15) is 0 Å². The molecule has 0 aromatic heterocycles. The standard InChI is InChI=1S/CH2O2.Al.Mg.4H/c2-1-3;;;;;;/h1H,(H,2,3);;;;;;/q;+1;+2;;;2*-1/p-1. The second-order valence-electron chi connectivity index (χ2n) is 0.332. The van der Waals surface area contributed by atoms with Crippen LogP contribution < -0.4 is 0 Å². The third-order valence-corrected chi connectivity index (χ3v) is 0.289. The van der Waals surface area contributed by atoms with Gasteiger partial charge >= 0.3 is 39.7 Å². The van der Waals surface area contributed by atoms with Crippen molar-refractivity contribution < 1.29 is 11.4 Å². The van der Waals surface area contributed by atoms with Crippen LogP contribution in [-0.2, 0) is 8.58 Å². The van der Waals surface area contributed by atoms with Gasteiger partial charge in [-0.1, -0.05) is 0 Å². The van der Waals surface area contributed by atoms with Crippen LogP contribution in [0.3, 0.4) is 0 Å². The Hall–Kier alpha value is 0.769. The molecule has 0 aromatic carbocycles. The molecule has 5 heavy (non-hydrogen) atoms. The van der Waals surface area contributed by atoms with Gasteiger partial charge in [0.2, 0.25) is 0 Å². The summed E-state index contributed by atoms with van der Waals surface area (Å²) in [5.41, 5.74) is 0. The molecule has 0 fully saturated rings. The van der Waals surface area contributed by atoms with Crippen molar-refractivity contribution in [3.8, 4) is 0 Å². The van der Waals surface area contributed by atoms with Crippen molar-refractivity contribution in [1.29, 1.82) is 0 Å². The molecule has 0 amide bonds. The van der Waals surface area contributed by atoms with Crippen LogP contribution in [0.5, 0.6) is 0 Å². The van der Waals surface area contributed by atoms with Crippen molar-refractivity contribution in [2.24, 2.45) is 0 Å². The van der Waals surface area contributed by atoms with E-state index in [0.717, 1.165) is 0 Å². The first-order valence-electron chi connectivity index (χ1n) is 0.880. The van der Waals surface area contributed by atoms with Gasteiger partial charge in [-0.15, -0.1) is 0 Å². The fourth-order valence-corrected chi connectivity index (χ4v) is 0. The quantitative estimate of drug-likeness (QED) is 0.298. The van der Waals surface area contributed by atoms with Crippen LogP contribution in [0.15, 0.2) is 0 Å². The first-order valence-corrected chi connectivity index (χ1v) is 1.70. The Morgan fingerprint density at radius 2 is 2.20 bits per heavy atom. The van der Waals surface area contributed by atoms with Gasteiger partial charge < -0.3 is 6.64 Å². The van der Waals surface area contributed by atoms with Gasteiger partial charge in [0.15, 0.2) is 0 Å². The van der Waals surface area contributed by atoms with E-state index in [9.17, 15) is 0 Å². The summed E-state index contributed by atoms with van der Waals surface area (Å²) in [6.45, 7) is 0.437. The van der Waals surface area contributed by atoms with Gasteiger partial charge in [-0.25, -0.2) is 0 Å². The van der Waals surface area contributed by atoms with E-state index >= 15 is 0 Å². The molecule has 0 saturated carbocycles. The molecular weight excluding hydrogens is 95.3 g/mol. The van der Waals surface area contributed by atoms with Crippen LogP contribution in [-0.4, -0.2) is 46.1 Å². The smallest absolute Gasteiger partial charge is 1.00 e. The molecular formula is CH5AlMgO2. The molecule has 2 nitrogen and oxygen atoms in total. The zero-order chi connectivity index (χ0) is 3.41. The normalized spacial score (nSPS) is 4.00. The minimum atomic E-state index is 0. The number of carbonyl (C=O) groups is 1. The van der Waals surface area contributed by atoms with Crippen molar-refractivity contribution >= 4 is 46.1 Å². The van der Waals surface area contributed by atoms with Gasteiger partial charge in [0, 0.05) is 0 Å². The molecule has 0 bridgehead atoms. The first-order chi connectivity index (χ1) is 1.91. The molecule has 0 unspecified atom stereocenters. The van der Waals surface area contributed by atoms with Crippen molar-refractivity contribution in [2.45, 2.75) is 0 Å². The number of hydrogen-bond acceptors (Lipinski definition) is 2. The molecule has 0 N–H and O–H groups in total. The Morgan fingerprint density at radius 1 is 2.00 bits per heavy atom. The van der Waals surface area contributed by atoms with Crippen molar-refractivity contribution in [3.63, 3.8) is 0 Å². The first kappa shape index (κ1) is 9.24. The molecule has 0 saturated heterocycles. The van der Waals surface area contributed by atoms with Crippen LogP contribution >= 0.6 is 0 Å². The van der Waals surface area contributed by atoms with E-state index in [1.54, 1.807) is 0 Å². The molecule has 0 aliphatic rings. The Labute approximate surface area is 57.8 Å². The summed E-state index contributed by atoms with van der Waals surface area (Å²) in [5, 5.41) is 0. The summed E-state index contributed by atoms with van der Waals surface area (Å²) in [6.07, 6.45) is 0. The SMILES string of the molecule is O=C[O][AlH2].[H-].[H-].[Mg+2]. The second-order valence-corrected chi connectivity index (χ2v) is 0.803. The van der Waals surface area contributed by atoms with E-state index in [-0.39, 0.29) is 25.9 Å². The average molecular weight is 100 g/mol. The van der Waals surface area contributed by atoms with Crippen LogP contribution in [0.4, 0.5) is 0 Å². The monoisotopic (exact) mass is 100.0 g/mol. The molecule has 0 heterocycles. The van der Waals surface area contributed by atoms with Gasteiger partial charge in [-0.2, -0.15) is 0 Å². The Balaban J connectivity index is -0.0000000150. The summed E-state index contributed by atoms with van der Waals surface area (Å²) < 4.78 is 4.00. The van der Waals surface area contributed by atoms with Gasteiger partial charge in [0.25, 0.3) is 6.47 Å². The van der Waals surface area contributed by atoms with E-state index in [2.05, 4.69) is 3.79 Å². The summed E-state index contributed by atoms with van der Waals surface area (Å²) in [7, 11) is 0. The predicted octanol–water partition coefficient (Wildman–Crippen LogP) is -1.45. The largest absolute Gasteiger partial charge is 2.00 e. The maximum Gasteiger partial charge on any atom is 2.00 e. The van der Waals surface area contributed by atoms with E-state index in [0.29, 0.717) is 23.1 Å². The summed E-state index contributed by atoms with van der Waals surface area (Å²) in [4.78, 5) is 8.99. The van der Waals surface area contributed by atoms with Crippen LogP contribution in [0, 0.1) is 0 Å². The Kier molecular flexibility index (Phi) is 16.3. The van der Waals surface area contributed by atoms with Gasteiger partial charge in [-0.05, 0) is 0 Å². The molecule has 0 rings (SSSR count). The number of rotatable bonds is 1. The molecule has 26 valence electrons. The van der Waals surface area contributed by atoms with Gasteiger partial charge in [0.05, 0.1) is 0 Å². The van der Waals surface area contributed by atoms with Crippen molar-refractivity contribution in [3.05, 3.63) is 0 Å². The topological polar surface area (TPSA) is 26.3 Å². The number of carbonyl (C=O) groups excluding carboxylic acids is 1. The van der Waals surface area contributed by atoms with Crippen LogP contribution in [0.25, 0.3) is 0 Å². The van der Waals surface area contributed by atoms with Crippen molar-refractivity contribution in [2.75, 3.05) is 0 Å². The fourth-order valence-electron chi connectivity index (χ4n) is 0. The summed E-state index contributed by atoms with van der Waals surface area (Å²) >= 11 is 0.522. The Bertz CT molecular complexity index is 29.7. The van der Waals surface area contributed by atoms with Gasteiger partial charge in [-0.3, -0.25) is 4.79 Å². The third kappa shape index (κ3) is 11.7. The molecule has 0 aliphatic carbocycles. The fraction of sp³-hybridized carbons (Fsp3) is 0. The van der Waals surface area contributed by atoms with Crippen molar-refractivity contribution in [1.82, 2.24) is 0 Å². The zero-order valence-electron chi connectivity index (χ0n) is 5.10. The molecule has 0 spiro atoms. The predicted molar refractivity (Wildman–Crippen MR) is 23.7 cm³/mol. The molecule has 0 atom stereocenters. The second kappa shape index (κ2) is 8.84. The van der Waals surface area contributed by atoms with Crippen LogP contribution in [0.2, 0.25) is 0 Å². The Morgan fingerprint density at radius 3 is 2.20 bits per heavy atom. The van der Waals surface area contributed by atoms with E-state index < -0.39 is 0 Å². The van der Waals surface area contributed by atoms with Crippen LogP contribution in [0.1, 0.15) is 2.85 Å². The van der Waals surface area contributed by atoms with E-state index in [4.69, 9.17) is 4.79 Å². The summed E-state index contributed by atoms with van der Waals surface area (Å²) in [6, 6.07) is 0. The maximum atomic E-state index is 8.99. The molecule has 0 aliphatic heterocycles. The zero-order valence-corrected chi connectivity index (χ0v) is 6.52. The summed E-state index contributed by atoms with van der Waals surface area (Å²) in [5.74, 6) is 0. The third-order valence-electron chi connectivity index (χ3n) is 0.0962.